The Hall–Kier alpha value is -1.35. The fourth-order valence-corrected chi connectivity index (χ4v) is 3.44. The van der Waals surface area contributed by atoms with Gasteiger partial charge in [-0.15, -0.1) is 0 Å². The molecule has 0 radical (unpaired) electrons. The third-order valence-corrected chi connectivity index (χ3v) is 4.69. The summed E-state index contributed by atoms with van der Waals surface area (Å²) >= 11 is 0. The number of rotatable bonds is 3. The van der Waals surface area contributed by atoms with Crippen molar-refractivity contribution in [2.45, 2.75) is 32.6 Å². The molecule has 0 bridgehead atoms. The molecule has 3 nitrogen and oxygen atoms in total. The summed E-state index contributed by atoms with van der Waals surface area (Å²) in [5.74, 6) is 0. The first kappa shape index (κ1) is 13.6. The number of aldehydes is 1. The number of fused-ring (bicyclic) bond motifs is 1. The van der Waals surface area contributed by atoms with Gasteiger partial charge >= 0.3 is 0 Å². The minimum Gasteiger partial charge on any atom is -0.381 e. The molecule has 0 saturated carbocycles. The Morgan fingerprint density at radius 1 is 1.35 bits per heavy atom. The fraction of sp³-hybridized carbons (Fsp3) is 0.588. The maximum atomic E-state index is 11.6. The van der Waals surface area contributed by atoms with Crippen molar-refractivity contribution in [3.63, 3.8) is 0 Å². The minimum absolute atomic E-state index is 0.211. The topological polar surface area (TPSA) is 29.5 Å². The molecule has 20 heavy (non-hydrogen) atoms. The molecular formula is C17H23NO2. The largest absolute Gasteiger partial charge is 0.381 e. The van der Waals surface area contributed by atoms with Gasteiger partial charge < -0.3 is 14.4 Å². The zero-order valence-electron chi connectivity index (χ0n) is 12.2. The molecule has 108 valence electrons. The molecule has 0 amide bonds. The van der Waals surface area contributed by atoms with Gasteiger partial charge in [0.1, 0.15) is 6.29 Å². The molecule has 0 unspecified atom stereocenters. The molecule has 0 aliphatic carbocycles. The number of ether oxygens (including phenoxy) is 1. The normalized spacial score (nSPS) is 21.4. The van der Waals surface area contributed by atoms with Crippen molar-refractivity contribution >= 4 is 12.0 Å². The van der Waals surface area contributed by atoms with E-state index in [1.165, 1.54) is 29.5 Å². The van der Waals surface area contributed by atoms with E-state index in [-0.39, 0.29) is 5.41 Å². The first-order valence-corrected chi connectivity index (χ1v) is 7.61. The standard InChI is InChI=1S/C17H23NO2/c1-14-4-5-16-15(11-14)3-2-8-18(16)12-17(13-19)6-9-20-10-7-17/h4-5,11,13H,2-3,6-10,12H2,1H3. The van der Waals surface area contributed by atoms with Gasteiger partial charge in [0.05, 0.1) is 0 Å². The van der Waals surface area contributed by atoms with Gasteiger partial charge in [0, 0.05) is 37.4 Å². The van der Waals surface area contributed by atoms with Crippen molar-refractivity contribution < 1.29 is 9.53 Å². The average molecular weight is 273 g/mol. The van der Waals surface area contributed by atoms with Gasteiger partial charge in [-0.2, -0.15) is 0 Å². The highest BCUT2D eigenvalue weighted by Gasteiger charge is 2.35. The summed E-state index contributed by atoms with van der Waals surface area (Å²) < 4.78 is 5.42. The Bertz CT molecular complexity index is 492. The van der Waals surface area contributed by atoms with Gasteiger partial charge in [-0.3, -0.25) is 0 Å². The van der Waals surface area contributed by atoms with Crippen LogP contribution in [-0.2, 0) is 16.0 Å². The second kappa shape index (κ2) is 5.57. The van der Waals surface area contributed by atoms with E-state index in [4.69, 9.17) is 4.74 Å². The minimum atomic E-state index is -0.211. The van der Waals surface area contributed by atoms with E-state index in [1.54, 1.807) is 0 Å². The van der Waals surface area contributed by atoms with Crippen molar-refractivity contribution in [2.24, 2.45) is 5.41 Å². The molecule has 3 rings (SSSR count). The molecule has 1 fully saturated rings. The van der Waals surface area contributed by atoms with Crippen LogP contribution >= 0.6 is 0 Å². The Balaban J connectivity index is 1.83. The Kier molecular flexibility index (Phi) is 3.79. The third kappa shape index (κ3) is 2.59. The van der Waals surface area contributed by atoms with Crippen LogP contribution in [-0.4, -0.2) is 32.6 Å². The molecule has 0 spiro atoms. The van der Waals surface area contributed by atoms with Crippen molar-refractivity contribution in [2.75, 3.05) is 31.2 Å². The maximum absolute atomic E-state index is 11.6. The molecule has 3 heteroatoms. The number of carbonyl (C=O) groups is 1. The molecule has 0 N–H and O–H groups in total. The van der Waals surface area contributed by atoms with Crippen molar-refractivity contribution in [3.8, 4) is 0 Å². The summed E-state index contributed by atoms with van der Waals surface area (Å²) in [5.41, 5.74) is 3.87. The van der Waals surface area contributed by atoms with E-state index in [0.29, 0.717) is 13.2 Å². The van der Waals surface area contributed by atoms with Crippen LogP contribution in [0.25, 0.3) is 0 Å². The monoisotopic (exact) mass is 273 g/mol. The number of aryl methyl sites for hydroxylation is 2. The molecule has 2 aliphatic rings. The smallest absolute Gasteiger partial charge is 0.128 e. The van der Waals surface area contributed by atoms with E-state index >= 15 is 0 Å². The quantitative estimate of drug-likeness (QED) is 0.793. The van der Waals surface area contributed by atoms with E-state index in [1.807, 2.05) is 0 Å². The average Bonchev–Trinajstić information content (AvgIpc) is 2.48. The van der Waals surface area contributed by atoms with Crippen LogP contribution in [0.2, 0.25) is 0 Å². The lowest BCUT2D eigenvalue weighted by Crippen LogP contribution is -2.44. The predicted molar refractivity (Wildman–Crippen MR) is 80.3 cm³/mol. The van der Waals surface area contributed by atoms with Crippen LogP contribution in [0.3, 0.4) is 0 Å². The van der Waals surface area contributed by atoms with Gasteiger partial charge in [0.25, 0.3) is 0 Å². The van der Waals surface area contributed by atoms with Crippen molar-refractivity contribution in [3.05, 3.63) is 29.3 Å². The molecule has 1 saturated heterocycles. The highest BCUT2D eigenvalue weighted by Crippen LogP contribution is 2.34. The van der Waals surface area contributed by atoms with Gasteiger partial charge in [0.2, 0.25) is 0 Å². The van der Waals surface area contributed by atoms with Crippen molar-refractivity contribution in [1.82, 2.24) is 0 Å². The summed E-state index contributed by atoms with van der Waals surface area (Å²) in [7, 11) is 0. The summed E-state index contributed by atoms with van der Waals surface area (Å²) in [4.78, 5) is 14.1. The predicted octanol–water partition coefficient (Wildman–Crippen LogP) is 2.74. The van der Waals surface area contributed by atoms with Crippen LogP contribution in [0.5, 0.6) is 0 Å². The summed E-state index contributed by atoms with van der Waals surface area (Å²) in [5, 5.41) is 0. The van der Waals surface area contributed by atoms with Gasteiger partial charge in [0.15, 0.2) is 0 Å². The number of nitrogens with zero attached hydrogens (tertiary/aromatic N) is 1. The summed E-state index contributed by atoms with van der Waals surface area (Å²) in [6.45, 7) is 5.48. The van der Waals surface area contributed by atoms with Crippen LogP contribution in [0.1, 0.15) is 30.4 Å². The van der Waals surface area contributed by atoms with E-state index < -0.39 is 0 Å². The van der Waals surface area contributed by atoms with Crippen LogP contribution in [0.4, 0.5) is 5.69 Å². The van der Waals surface area contributed by atoms with E-state index in [2.05, 4.69) is 30.0 Å². The number of hydrogen-bond acceptors (Lipinski definition) is 3. The number of benzene rings is 1. The van der Waals surface area contributed by atoms with E-state index in [9.17, 15) is 4.79 Å². The lowest BCUT2D eigenvalue weighted by atomic mass is 9.80. The Morgan fingerprint density at radius 2 is 2.15 bits per heavy atom. The lowest BCUT2D eigenvalue weighted by Gasteiger charge is -2.40. The number of anilines is 1. The molecule has 0 atom stereocenters. The molecular weight excluding hydrogens is 250 g/mol. The van der Waals surface area contributed by atoms with Crippen molar-refractivity contribution in [1.29, 1.82) is 0 Å². The lowest BCUT2D eigenvalue weighted by molar-refractivity contribution is -0.120. The second-order valence-corrected chi connectivity index (χ2v) is 6.25. The summed E-state index contributed by atoms with van der Waals surface area (Å²) in [6.07, 6.45) is 5.23. The highest BCUT2D eigenvalue weighted by atomic mass is 16.5. The zero-order valence-corrected chi connectivity index (χ0v) is 12.2. The third-order valence-electron chi connectivity index (χ3n) is 4.69. The van der Waals surface area contributed by atoms with Gasteiger partial charge in [-0.25, -0.2) is 0 Å². The summed E-state index contributed by atoms with van der Waals surface area (Å²) in [6, 6.07) is 6.69. The number of carbonyl (C=O) groups excluding carboxylic acids is 1. The molecule has 0 aromatic heterocycles. The Morgan fingerprint density at radius 3 is 2.90 bits per heavy atom. The maximum Gasteiger partial charge on any atom is 0.128 e. The second-order valence-electron chi connectivity index (χ2n) is 6.25. The molecule has 2 aliphatic heterocycles. The SMILES string of the molecule is Cc1ccc2c(c1)CCCN2CC1(C=O)CCOCC1. The molecule has 1 aromatic rings. The fourth-order valence-electron chi connectivity index (χ4n) is 3.44. The van der Waals surface area contributed by atoms with E-state index in [0.717, 1.165) is 32.4 Å². The zero-order chi connectivity index (χ0) is 14.0. The van der Waals surface area contributed by atoms with Gasteiger partial charge in [-0.05, 0) is 44.2 Å². The van der Waals surface area contributed by atoms with Crippen LogP contribution in [0, 0.1) is 12.3 Å². The first-order chi connectivity index (χ1) is 9.72. The Labute approximate surface area is 120 Å². The molecule has 1 aromatic carbocycles. The first-order valence-electron chi connectivity index (χ1n) is 7.61. The van der Waals surface area contributed by atoms with Gasteiger partial charge in [-0.1, -0.05) is 17.7 Å². The van der Waals surface area contributed by atoms with Crippen LogP contribution < -0.4 is 4.90 Å². The van der Waals surface area contributed by atoms with Crippen LogP contribution in [0.15, 0.2) is 18.2 Å². The number of hydrogen-bond donors (Lipinski definition) is 0. The molecule has 2 heterocycles. The highest BCUT2D eigenvalue weighted by molar-refractivity contribution is 5.63.